The first kappa shape index (κ1) is 20.9. The van der Waals surface area contributed by atoms with Gasteiger partial charge in [-0.15, -0.1) is 0 Å². The van der Waals surface area contributed by atoms with Gasteiger partial charge >= 0.3 is 0 Å². The fourth-order valence-electron chi connectivity index (χ4n) is 3.28. The van der Waals surface area contributed by atoms with Crippen molar-refractivity contribution in [2.24, 2.45) is 0 Å². The summed E-state index contributed by atoms with van der Waals surface area (Å²) in [6, 6.07) is 29.7. The molecule has 0 atom stereocenters. The fourth-order valence-corrected chi connectivity index (χ4v) is 3.28. The molecular formula is C27H22N2O3. The molecule has 0 saturated carbocycles. The van der Waals surface area contributed by atoms with Gasteiger partial charge in [-0.05, 0) is 58.8 Å². The van der Waals surface area contributed by atoms with Crippen molar-refractivity contribution in [1.29, 1.82) is 0 Å². The van der Waals surface area contributed by atoms with E-state index in [1.807, 2.05) is 72.8 Å². The SMILES string of the molecule is COc1ccc(C(=O)NC(=Cc2ccccc2)C(=O)Nc2ccc3ccccc3c2)cc1. The third kappa shape index (κ3) is 5.02. The molecule has 4 aromatic carbocycles. The smallest absolute Gasteiger partial charge is 0.272 e. The van der Waals surface area contributed by atoms with Gasteiger partial charge in [-0.2, -0.15) is 0 Å². The second-order valence-corrected chi connectivity index (χ2v) is 7.17. The molecule has 4 rings (SSSR count). The zero-order valence-electron chi connectivity index (χ0n) is 17.5. The molecule has 158 valence electrons. The maximum absolute atomic E-state index is 13.1. The Morgan fingerprint density at radius 1 is 0.781 bits per heavy atom. The molecule has 0 fully saturated rings. The van der Waals surface area contributed by atoms with Gasteiger partial charge < -0.3 is 15.4 Å². The molecule has 0 saturated heterocycles. The third-order valence-corrected chi connectivity index (χ3v) is 4.96. The lowest BCUT2D eigenvalue weighted by atomic mass is 10.1. The van der Waals surface area contributed by atoms with E-state index in [1.165, 1.54) is 0 Å². The quantitative estimate of drug-likeness (QED) is 0.417. The molecule has 0 spiro atoms. The molecule has 0 aliphatic heterocycles. The highest BCUT2D eigenvalue weighted by Crippen LogP contribution is 2.20. The van der Waals surface area contributed by atoms with Crippen molar-refractivity contribution >= 4 is 34.4 Å². The molecule has 0 aliphatic rings. The van der Waals surface area contributed by atoms with E-state index < -0.39 is 5.91 Å². The summed E-state index contributed by atoms with van der Waals surface area (Å²) in [6.07, 6.45) is 1.65. The van der Waals surface area contributed by atoms with Crippen LogP contribution in [0, 0.1) is 0 Å². The zero-order valence-corrected chi connectivity index (χ0v) is 17.5. The van der Waals surface area contributed by atoms with Crippen LogP contribution in [0.4, 0.5) is 5.69 Å². The predicted molar refractivity (Wildman–Crippen MR) is 127 cm³/mol. The largest absolute Gasteiger partial charge is 0.497 e. The summed E-state index contributed by atoms with van der Waals surface area (Å²) in [5.41, 5.74) is 2.01. The molecule has 2 N–H and O–H groups in total. The number of carbonyl (C=O) groups excluding carboxylic acids is 2. The number of benzene rings is 4. The number of ether oxygens (including phenoxy) is 1. The van der Waals surface area contributed by atoms with Crippen LogP contribution in [0.3, 0.4) is 0 Å². The molecule has 0 aliphatic carbocycles. The maximum Gasteiger partial charge on any atom is 0.272 e. The van der Waals surface area contributed by atoms with E-state index in [-0.39, 0.29) is 11.6 Å². The van der Waals surface area contributed by atoms with E-state index >= 15 is 0 Å². The summed E-state index contributed by atoms with van der Waals surface area (Å²) < 4.78 is 5.14. The average molecular weight is 422 g/mol. The monoisotopic (exact) mass is 422 g/mol. The van der Waals surface area contributed by atoms with Crippen LogP contribution in [0.2, 0.25) is 0 Å². The molecule has 5 nitrogen and oxygen atoms in total. The van der Waals surface area contributed by atoms with Crippen LogP contribution in [0.5, 0.6) is 5.75 Å². The Hall–Kier alpha value is -4.38. The Balaban J connectivity index is 1.59. The van der Waals surface area contributed by atoms with Gasteiger partial charge in [-0.1, -0.05) is 60.7 Å². The highest BCUT2D eigenvalue weighted by Gasteiger charge is 2.15. The molecule has 0 radical (unpaired) electrons. The molecular weight excluding hydrogens is 400 g/mol. The van der Waals surface area contributed by atoms with Crippen molar-refractivity contribution in [2.45, 2.75) is 0 Å². The summed E-state index contributed by atoms with van der Waals surface area (Å²) in [5.74, 6) is -0.148. The molecule has 4 aromatic rings. The van der Waals surface area contributed by atoms with Gasteiger partial charge in [0.2, 0.25) is 0 Å². The van der Waals surface area contributed by atoms with Crippen molar-refractivity contribution < 1.29 is 14.3 Å². The van der Waals surface area contributed by atoms with Gasteiger partial charge in [0.15, 0.2) is 0 Å². The Morgan fingerprint density at radius 2 is 1.47 bits per heavy atom. The highest BCUT2D eigenvalue weighted by atomic mass is 16.5. The lowest BCUT2D eigenvalue weighted by molar-refractivity contribution is -0.113. The van der Waals surface area contributed by atoms with Gasteiger partial charge in [-0.25, -0.2) is 0 Å². The second-order valence-electron chi connectivity index (χ2n) is 7.17. The van der Waals surface area contributed by atoms with Crippen molar-refractivity contribution in [3.8, 4) is 5.75 Å². The van der Waals surface area contributed by atoms with Gasteiger partial charge in [0, 0.05) is 11.3 Å². The van der Waals surface area contributed by atoms with Crippen LogP contribution >= 0.6 is 0 Å². The van der Waals surface area contributed by atoms with E-state index in [1.54, 1.807) is 37.5 Å². The van der Waals surface area contributed by atoms with Crippen molar-refractivity contribution in [1.82, 2.24) is 5.32 Å². The predicted octanol–water partition coefficient (Wildman–Crippen LogP) is 5.26. The average Bonchev–Trinajstić information content (AvgIpc) is 2.84. The maximum atomic E-state index is 13.1. The number of methoxy groups -OCH3 is 1. The van der Waals surface area contributed by atoms with Crippen molar-refractivity contribution in [3.05, 3.63) is 114 Å². The van der Waals surface area contributed by atoms with Crippen molar-refractivity contribution in [2.75, 3.05) is 12.4 Å². The van der Waals surface area contributed by atoms with E-state index in [9.17, 15) is 9.59 Å². The summed E-state index contributed by atoms with van der Waals surface area (Å²) in [6.45, 7) is 0. The lowest BCUT2D eigenvalue weighted by Gasteiger charge is -2.12. The number of hydrogen-bond acceptors (Lipinski definition) is 3. The van der Waals surface area contributed by atoms with Crippen LogP contribution in [0.15, 0.2) is 103 Å². The number of amides is 2. The Bertz CT molecular complexity index is 1280. The molecule has 2 amide bonds. The van der Waals surface area contributed by atoms with Gasteiger partial charge in [0.05, 0.1) is 7.11 Å². The van der Waals surface area contributed by atoms with Gasteiger partial charge in [0.25, 0.3) is 11.8 Å². The van der Waals surface area contributed by atoms with Crippen LogP contribution in [0.1, 0.15) is 15.9 Å². The Labute approximate surface area is 186 Å². The first-order valence-corrected chi connectivity index (χ1v) is 10.1. The van der Waals surface area contributed by atoms with Crippen LogP contribution in [0.25, 0.3) is 16.8 Å². The number of rotatable bonds is 6. The van der Waals surface area contributed by atoms with Crippen molar-refractivity contribution in [3.63, 3.8) is 0 Å². The number of fused-ring (bicyclic) bond motifs is 1. The minimum absolute atomic E-state index is 0.144. The normalized spacial score (nSPS) is 11.1. The van der Waals surface area contributed by atoms with Crippen LogP contribution in [-0.2, 0) is 4.79 Å². The van der Waals surface area contributed by atoms with Crippen LogP contribution < -0.4 is 15.4 Å². The minimum Gasteiger partial charge on any atom is -0.497 e. The molecule has 0 unspecified atom stereocenters. The standard InChI is InChI=1S/C27H22N2O3/c1-32-24-15-12-21(13-16-24)26(30)29-25(17-19-7-3-2-4-8-19)27(31)28-23-14-11-20-9-5-6-10-22(20)18-23/h2-18H,1H3,(H,28,31)(H,29,30). The lowest BCUT2D eigenvalue weighted by Crippen LogP contribution is -2.30. The first-order valence-electron chi connectivity index (χ1n) is 10.1. The van der Waals surface area contributed by atoms with Crippen LogP contribution in [-0.4, -0.2) is 18.9 Å². The van der Waals surface area contributed by atoms with E-state index in [4.69, 9.17) is 4.74 Å². The molecule has 0 aromatic heterocycles. The number of anilines is 1. The summed E-state index contributed by atoms with van der Waals surface area (Å²) >= 11 is 0. The summed E-state index contributed by atoms with van der Waals surface area (Å²) in [4.78, 5) is 25.9. The Kier molecular flexibility index (Phi) is 6.28. The minimum atomic E-state index is -0.411. The third-order valence-electron chi connectivity index (χ3n) is 4.96. The van der Waals surface area contributed by atoms with E-state index in [0.717, 1.165) is 16.3 Å². The number of hydrogen-bond donors (Lipinski definition) is 2. The summed E-state index contributed by atoms with van der Waals surface area (Å²) in [5, 5.41) is 7.73. The molecule has 5 heteroatoms. The topological polar surface area (TPSA) is 67.4 Å². The highest BCUT2D eigenvalue weighted by molar-refractivity contribution is 6.11. The number of carbonyl (C=O) groups is 2. The van der Waals surface area contributed by atoms with Gasteiger partial charge in [0.1, 0.15) is 11.4 Å². The number of nitrogens with one attached hydrogen (secondary N) is 2. The Morgan fingerprint density at radius 3 is 2.19 bits per heavy atom. The van der Waals surface area contributed by atoms with E-state index in [0.29, 0.717) is 17.0 Å². The first-order chi connectivity index (χ1) is 15.6. The summed E-state index contributed by atoms with van der Waals surface area (Å²) in [7, 11) is 1.56. The molecule has 0 heterocycles. The zero-order chi connectivity index (χ0) is 22.3. The molecule has 0 bridgehead atoms. The van der Waals surface area contributed by atoms with Gasteiger partial charge in [-0.3, -0.25) is 9.59 Å². The fraction of sp³-hybridized carbons (Fsp3) is 0.0370. The molecule has 32 heavy (non-hydrogen) atoms. The van der Waals surface area contributed by atoms with E-state index in [2.05, 4.69) is 10.6 Å². The second kappa shape index (κ2) is 9.62.